The number of rotatable bonds is 8. The molecule has 138 valence electrons. The Morgan fingerprint density at radius 3 is 2.48 bits per heavy atom. The Labute approximate surface area is 145 Å². The molecule has 0 aromatic heterocycles. The van der Waals surface area contributed by atoms with Crippen molar-refractivity contribution in [2.75, 3.05) is 26.7 Å². The van der Waals surface area contributed by atoms with Crippen molar-refractivity contribution in [3.63, 3.8) is 0 Å². The Kier molecular flexibility index (Phi) is 7.97. The predicted octanol–water partition coefficient (Wildman–Crippen LogP) is 1.74. The molecule has 8 heteroatoms. The summed E-state index contributed by atoms with van der Waals surface area (Å²) in [5.41, 5.74) is -0.0181. The standard InChI is InChI=1S/C17H22F2N2O4/c1-11(17(24)25-3)10-21(8-4-7-20-12(2)22)16(23)13-5-6-14(18)15(19)9-13/h5-6,9,11H,4,7-8,10H2,1-3H3,(H,20,22). The van der Waals surface area contributed by atoms with Crippen LogP contribution in [0.25, 0.3) is 0 Å². The van der Waals surface area contributed by atoms with Gasteiger partial charge in [0.05, 0.1) is 13.0 Å². The van der Waals surface area contributed by atoms with Gasteiger partial charge in [0, 0.05) is 32.1 Å². The van der Waals surface area contributed by atoms with E-state index < -0.39 is 29.4 Å². The highest BCUT2D eigenvalue weighted by Crippen LogP contribution is 2.13. The Hall–Kier alpha value is -2.51. The number of halogens is 2. The molecule has 25 heavy (non-hydrogen) atoms. The zero-order valence-electron chi connectivity index (χ0n) is 14.5. The summed E-state index contributed by atoms with van der Waals surface area (Å²) in [5, 5.41) is 2.61. The average molecular weight is 356 g/mol. The van der Waals surface area contributed by atoms with Crippen LogP contribution in [0.15, 0.2) is 18.2 Å². The molecule has 1 rings (SSSR count). The van der Waals surface area contributed by atoms with E-state index in [4.69, 9.17) is 0 Å². The minimum Gasteiger partial charge on any atom is -0.469 e. The topological polar surface area (TPSA) is 75.7 Å². The molecule has 2 amide bonds. The third kappa shape index (κ3) is 6.48. The lowest BCUT2D eigenvalue weighted by molar-refractivity contribution is -0.145. The Morgan fingerprint density at radius 2 is 1.92 bits per heavy atom. The van der Waals surface area contributed by atoms with E-state index in [1.807, 2.05) is 0 Å². The van der Waals surface area contributed by atoms with Crippen molar-refractivity contribution in [2.45, 2.75) is 20.3 Å². The van der Waals surface area contributed by atoms with Crippen molar-refractivity contribution in [2.24, 2.45) is 5.92 Å². The van der Waals surface area contributed by atoms with Gasteiger partial charge in [-0.3, -0.25) is 14.4 Å². The number of hydrogen-bond acceptors (Lipinski definition) is 4. The highest BCUT2D eigenvalue weighted by molar-refractivity contribution is 5.94. The molecular formula is C17H22F2N2O4. The summed E-state index contributed by atoms with van der Waals surface area (Å²) in [6, 6.07) is 2.88. The van der Waals surface area contributed by atoms with Crippen molar-refractivity contribution in [3.05, 3.63) is 35.4 Å². The van der Waals surface area contributed by atoms with Crippen LogP contribution in [0.5, 0.6) is 0 Å². The number of hydrogen-bond donors (Lipinski definition) is 1. The first-order valence-corrected chi connectivity index (χ1v) is 7.82. The van der Waals surface area contributed by atoms with Gasteiger partial charge in [-0.15, -0.1) is 0 Å². The van der Waals surface area contributed by atoms with Crippen LogP contribution in [0, 0.1) is 17.6 Å². The number of ether oxygens (including phenoxy) is 1. The third-order valence-corrected chi connectivity index (χ3v) is 3.53. The maximum atomic E-state index is 13.4. The highest BCUT2D eigenvalue weighted by atomic mass is 19.2. The Morgan fingerprint density at radius 1 is 1.24 bits per heavy atom. The summed E-state index contributed by atoms with van der Waals surface area (Å²) >= 11 is 0. The first-order valence-electron chi connectivity index (χ1n) is 7.82. The first-order chi connectivity index (χ1) is 11.8. The molecule has 0 saturated carbocycles. The molecule has 0 saturated heterocycles. The fourth-order valence-electron chi connectivity index (χ4n) is 2.23. The molecule has 0 aliphatic rings. The lowest BCUT2D eigenvalue weighted by Gasteiger charge is -2.25. The van der Waals surface area contributed by atoms with Gasteiger partial charge in [-0.25, -0.2) is 8.78 Å². The van der Waals surface area contributed by atoms with Crippen LogP contribution < -0.4 is 5.32 Å². The van der Waals surface area contributed by atoms with Crippen LogP contribution in [0.1, 0.15) is 30.6 Å². The molecule has 1 atom stereocenters. The van der Waals surface area contributed by atoms with Gasteiger partial charge in [0.15, 0.2) is 11.6 Å². The number of nitrogens with zero attached hydrogens (tertiary/aromatic N) is 1. The smallest absolute Gasteiger partial charge is 0.310 e. The summed E-state index contributed by atoms with van der Waals surface area (Å²) in [7, 11) is 1.25. The lowest BCUT2D eigenvalue weighted by atomic mass is 10.1. The molecule has 1 aromatic rings. The van der Waals surface area contributed by atoms with Gasteiger partial charge in [-0.1, -0.05) is 6.92 Å². The van der Waals surface area contributed by atoms with Crippen molar-refractivity contribution < 1.29 is 27.9 Å². The zero-order chi connectivity index (χ0) is 19.0. The van der Waals surface area contributed by atoms with Gasteiger partial charge in [0.2, 0.25) is 5.91 Å². The quantitative estimate of drug-likeness (QED) is 0.569. The number of carbonyl (C=O) groups excluding carboxylic acids is 3. The van der Waals surface area contributed by atoms with Crippen LogP contribution in [0.4, 0.5) is 8.78 Å². The van der Waals surface area contributed by atoms with Crippen molar-refractivity contribution in [1.29, 1.82) is 0 Å². The monoisotopic (exact) mass is 356 g/mol. The second-order valence-electron chi connectivity index (χ2n) is 5.64. The van der Waals surface area contributed by atoms with E-state index in [0.717, 1.165) is 12.1 Å². The second kappa shape index (κ2) is 9.71. The molecule has 1 unspecified atom stereocenters. The lowest BCUT2D eigenvalue weighted by Crippen LogP contribution is -2.39. The third-order valence-electron chi connectivity index (χ3n) is 3.53. The summed E-state index contributed by atoms with van der Waals surface area (Å²) in [5.74, 6) is -3.95. The fraction of sp³-hybridized carbons (Fsp3) is 0.471. The maximum Gasteiger partial charge on any atom is 0.310 e. The Bertz CT molecular complexity index is 637. The van der Waals surface area contributed by atoms with Gasteiger partial charge < -0.3 is 15.0 Å². The first kappa shape index (κ1) is 20.5. The molecule has 0 radical (unpaired) electrons. The number of nitrogens with one attached hydrogen (secondary N) is 1. The molecule has 0 aliphatic carbocycles. The number of esters is 1. The molecule has 1 N–H and O–H groups in total. The van der Waals surface area contributed by atoms with E-state index in [1.54, 1.807) is 6.92 Å². The summed E-state index contributed by atoms with van der Waals surface area (Å²) in [6.07, 6.45) is 0.447. The van der Waals surface area contributed by atoms with Crippen LogP contribution >= 0.6 is 0 Å². The van der Waals surface area contributed by atoms with Gasteiger partial charge in [0.1, 0.15) is 0 Å². The highest BCUT2D eigenvalue weighted by Gasteiger charge is 2.23. The van der Waals surface area contributed by atoms with Crippen LogP contribution in [-0.4, -0.2) is 49.4 Å². The molecule has 0 aliphatic heterocycles. The number of methoxy groups -OCH3 is 1. The van der Waals surface area contributed by atoms with E-state index >= 15 is 0 Å². The molecule has 0 fully saturated rings. The summed E-state index contributed by atoms with van der Waals surface area (Å²) in [4.78, 5) is 36.4. The second-order valence-corrected chi connectivity index (χ2v) is 5.64. The number of amides is 2. The van der Waals surface area contributed by atoms with E-state index in [-0.39, 0.29) is 24.6 Å². The fourth-order valence-corrected chi connectivity index (χ4v) is 2.23. The SMILES string of the molecule is COC(=O)C(C)CN(CCCNC(C)=O)C(=O)c1ccc(F)c(F)c1. The van der Waals surface area contributed by atoms with Gasteiger partial charge in [0.25, 0.3) is 5.91 Å². The summed E-state index contributed by atoms with van der Waals surface area (Å²) < 4.78 is 31.1. The van der Waals surface area contributed by atoms with Crippen LogP contribution in [0.2, 0.25) is 0 Å². The average Bonchev–Trinajstić information content (AvgIpc) is 2.58. The number of benzene rings is 1. The van der Waals surface area contributed by atoms with Gasteiger partial charge in [-0.05, 0) is 24.6 Å². The molecular weight excluding hydrogens is 334 g/mol. The largest absolute Gasteiger partial charge is 0.469 e. The van der Waals surface area contributed by atoms with E-state index in [0.29, 0.717) is 13.0 Å². The van der Waals surface area contributed by atoms with E-state index in [1.165, 1.54) is 25.0 Å². The minimum atomic E-state index is -1.12. The van der Waals surface area contributed by atoms with E-state index in [9.17, 15) is 23.2 Å². The maximum absolute atomic E-state index is 13.4. The summed E-state index contributed by atoms with van der Waals surface area (Å²) in [6.45, 7) is 3.63. The van der Waals surface area contributed by atoms with Crippen molar-refractivity contribution in [1.82, 2.24) is 10.2 Å². The Balaban J connectivity index is 2.86. The van der Waals surface area contributed by atoms with Crippen molar-refractivity contribution in [3.8, 4) is 0 Å². The van der Waals surface area contributed by atoms with Crippen molar-refractivity contribution >= 4 is 17.8 Å². The molecule has 1 aromatic carbocycles. The molecule has 0 bridgehead atoms. The number of carbonyl (C=O) groups is 3. The normalized spacial score (nSPS) is 11.6. The van der Waals surface area contributed by atoms with Gasteiger partial charge in [-0.2, -0.15) is 0 Å². The zero-order valence-corrected chi connectivity index (χ0v) is 14.5. The molecule has 0 heterocycles. The molecule has 0 spiro atoms. The van der Waals surface area contributed by atoms with Gasteiger partial charge >= 0.3 is 5.97 Å². The van der Waals surface area contributed by atoms with Crippen LogP contribution in [0.3, 0.4) is 0 Å². The van der Waals surface area contributed by atoms with Crippen LogP contribution in [-0.2, 0) is 14.3 Å². The minimum absolute atomic E-state index is 0.0181. The van der Waals surface area contributed by atoms with E-state index in [2.05, 4.69) is 10.1 Å². The predicted molar refractivity (Wildman–Crippen MR) is 86.7 cm³/mol. The molecule has 6 nitrogen and oxygen atoms in total.